The normalized spacial score (nSPS) is 20.9. The molecule has 1 aromatic rings. The summed E-state index contributed by atoms with van der Waals surface area (Å²) in [6, 6.07) is 4.56. The SMILES string of the molecule is CN(C)S(=O)(=O)c1ccc(N2CCCC2)c(C(=O)OC2CCCCC2=O)c1. The Bertz CT molecular complexity index is 829. The van der Waals surface area contributed by atoms with Crippen molar-refractivity contribution in [1.29, 1.82) is 0 Å². The maximum Gasteiger partial charge on any atom is 0.341 e. The lowest BCUT2D eigenvalue weighted by molar-refractivity contribution is -0.129. The molecule has 8 heteroatoms. The molecule has 3 rings (SSSR count). The number of benzene rings is 1. The van der Waals surface area contributed by atoms with Gasteiger partial charge >= 0.3 is 5.97 Å². The standard InChI is InChI=1S/C19H26N2O5S/c1-20(2)27(24,25)14-9-10-16(21-11-5-6-12-21)15(13-14)19(23)26-18-8-4-3-7-17(18)22/h9-10,13,18H,3-8,11-12H2,1-2H3. The highest BCUT2D eigenvalue weighted by molar-refractivity contribution is 7.89. The minimum atomic E-state index is -3.68. The predicted octanol–water partition coefficient (Wildman–Crippen LogP) is 2.21. The topological polar surface area (TPSA) is 84.0 Å². The van der Waals surface area contributed by atoms with Gasteiger partial charge in [0.1, 0.15) is 0 Å². The molecule has 1 aromatic carbocycles. The fourth-order valence-corrected chi connectivity index (χ4v) is 4.48. The largest absolute Gasteiger partial charge is 0.451 e. The third kappa shape index (κ3) is 4.16. The van der Waals surface area contributed by atoms with Crippen LogP contribution in [0.5, 0.6) is 0 Å². The Morgan fingerprint density at radius 3 is 2.48 bits per heavy atom. The van der Waals surface area contributed by atoms with E-state index in [-0.39, 0.29) is 16.2 Å². The Labute approximate surface area is 160 Å². The molecule has 1 aliphatic carbocycles. The van der Waals surface area contributed by atoms with E-state index in [0.717, 1.165) is 43.1 Å². The van der Waals surface area contributed by atoms with Crippen LogP contribution in [0, 0.1) is 0 Å². The van der Waals surface area contributed by atoms with Crippen LogP contribution in [-0.4, -0.2) is 57.8 Å². The Morgan fingerprint density at radius 2 is 1.85 bits per heavy atom. The lowest BCUT2D eigenvalue weighted by atomic mass is 9.96. The van der Waals surface area contributed by atoms with Gasteiger partial charge in [-0.3, -0.25) is 4.79 Å². The fraction of sp³-hybridized carbons (Fsp3) is 0.579. The molecule has 1 heterocycles. The Balaban J connectivity index is 1.96. The number of ketones is 1. The Morgan fingerprint density at radius 1 is 1.15 bits per heavy atom. The molecule has 7 nitrogen and oxygen atoms in total. The van der Waals surface area contributed by atoms with Crippen molar-refractivity contribution in [3.63, 3.8) is 0 Å². The zero-order valence-corrected chi connectivity index (χ0v) is 16.6. The lowest BCUT2D eigenvalue weighted by Crippen LogP contribution is -2.31. The second kappa shape index (κ2) is 7.98. The quantitative estimate of drug-likeness (QED) is 0.712. The van der Waals surface area contributed by atoms with E-state index < -0.39 is 22.1 Å². The van der Waals surface area contributed by atoms with Crippen LogP contribution >= 0.6 is 0 Å². The minimum absolute atomic E-state index is 0.0392. The summed E-state index contributed by atoms with van der Waals surface area (Å²) in [5.74, 6) is -0.692. The molecule has 0 aromatic heterocycles. The van der Waals surface area contributed by atoms with Gasteiger partial charge in [-0.15, -0.1) is 0 Å². The molecule has 148 valence electrons. The summed E-state index contributed by atoms with van der Waals surface area (Å²) >= 11 is 0. The van der Waals surface area contributed by atoms with E-state index >= 15 is 0 Å². The summed E-state index contributed by atoms with van der Waals surface area (Å²) < 4.78 is 31.6. The molecule has 0 amide bonds. The molecule has 0 spiro atoms. The Kier molecular flexibility index (Phi) is 5.86. The second-order valence-electron chi connectivity index (χ2n) is 7.27. The molecular weight excluding hydrogens is 368 g/mol. The zero-order chi connectivity index (χ0) is 19.6. The molecule has 0 N–H and O–H groups in total. The number of carbonyl (C=O) groups is 2. The zero-order valence-electron chi connectivity index (χ0n) is 15.8. The third-order valence-corrected chi connectivity index (χ3v) is 6.97. The molecule has 0 radical (unpaired) electrons. The minimum Gasteiger partial charge on any atom is -0.451 e. The van der Waals surface area contributed by atoms with Gasteiger partial charge in [-0.05, 0) is 50.3 Å². The maximum absolute atomic E-state index is 12.9. The summed E-state index contributed by atoms with van der Waals surface area (Å²) in [6.07, 6.45) is 3.93. The molecule has 27 heavy (non-hydrogen) atoms. The van der Waals surface area contributed by atoms with Gasteiger partial charge in [0.15, 0.2) is 11.9 Å². The molecule has 1 saturated heterocycles. The van der Waals surface area contributed by atoms with E-state index in [1.165, 1.54) is 26.2 Å². The van der Waals surface area contributed by atoms with Crippen molar-refractivity contribution in [3.8, 4) is 0 Å². The second-order valence-corrected chi connectivity index (χ2v) is 9.42. The van der Waals surface area contributed by atoms with Crippen molar-refractivity contribution in [2.45, 2.75) is 49.5 Å². The van der Waals surface area contributed by atoms with E-state index in [2.05, 4.69) is 4.90 Å². The summed E-state index contributed by atoms with van der Waals surface area (Å²) in [4.78, 5) is 27.0. The van der Waals surface area contributed by atoms with Crippen LogP contribution in [0.1, 0.15) is 48.9 Å². The van der Waals surface area contributed by atoms with Crippen LogP contribution < -0.4 is 4.90 Å². The molecular formula is C19H26N2O5S. The molecule has 1 atom stereocenters. The van der Waals surface area contributed by atoms with Gasteiger partial charge in [-0.25, -0.2) is 17.5 Å². The molecule has 2 fully saturated rings. The van der Waals surface area contributed by atoms with Crippen LogP contribution in [0.2, 0.25) is 0 Å². The van der Waals surface area contributed by atoms with Gasteiger partial charge in [0.25, 0.3) is 0 Å². The van der Waals surface area contributed by atoms with Crippen molar-refractivity contribution in [2.24, 2.45) is 0 Å². The summed E-state index contributed by atoms with van der Waals surface area (Å²) in [5, 5.41) is 0. The monoisotopic (exact) mass is 394 g/mol. The predicted molar refractivity (Wildman–Crippen MR) is 101 cm³/mol. The van der Waals surface area contributed by atoms with Gasteiger partial charge in [0, 0.05) is 33.6 Å². The highest BCUT2D eigenvalue weighted by Crippen LogP contribution is 2.30. The van der Waals surface area contributed by atoms with E-state index in [4.69, 9.17) is 4.74 Å². The lowest BCUT2D eigenvalue weighted by Gasteiger charge is -2.24. The van der Waals surface area contributed by atoms with Crippen molar-refractivity contribution < 1.29 is 22.7 Å². The first-order valence-electron chi connectivity index (χ1n) is 9.36. The molecule has 1 saturated carbocycles. The third-order valence-electron chi connectivity index (χ3n) is 5.16. The fourth-order valence-electron chi connectivity index (χ4n) is 3.55. The number of anilines is 1. The van der Waals surface area contributed by atoms with Gasteiger partial charge in [-0.2, -0.15) is 0 Å². The number of Topliss-reactive ketones (excluding diaryl/α,β-unsaturated/α-hetero) is 1. The summed E-state index contributed by atoms with van der Waals surface area (Å²) in [6.45, 7) is 1.62. The summed E-state index contributed by atoms with van der Waals surface area (Å²) in [5.41, 5.74) is 0.872. The number of nitrogens with zero attached hydrogens (tertiary/aromatic N) is 2. The van der Waals surface area contributed by atoms with Crippen molar-refractivity contribution in [2.75, 3.05) is 32.1 Å². The highest BCUT2D eigenvalue weighted by atomic mass is 32.2. The number of ether oxygens (including phenoxy) is 1. The number of esters is 1. The first-order valence-corrected chi connectivity index (χ1v) is 10.8. The van der Waals surface area contributed by atoms with Gasteiger partial charge in [0.2, 0.25) is 10.0 Å². The van der Waals surface area contributed by atoms with Crippen LogP contribution in [0.25, 0.3) is 0 Å². The van der Waals surface area contributed by atoms with Crippen LogP contribution in [0.15, 0.2) is 23.1 Å². The van der Waals surface area contributed by atoms with Gasteiger partial charge in [-0.1, -0.05) is 0 Å². The number of hydrogen-bond donors (Lipinski definition) is 0. The average molecular weight is 394 g/mol. The average Bonchev–Trinajstić information content (AvgIpc) is 3.17. The van der Waals surface area contributed by atoms with Crippen molar-refractivity contribution in [1.82, 2.24) is 4.31 Å². The summed E-state index contributed by atoms with van der Waals surface area (Å²) in [7, 11) is -0.783. The maximum atomic E-state index is 12.9. The van der Waals surface area contributed by atoms with Crippen molar-refractivity contribution in [3.05, 3.63) is 23.8 Å². The van der Waals surface area contributed by atoms with E-state index in [1.54, 1.807) is 6.07 Å². The first kappa shape index (κ1) is 19.8. The van der Waals surface area contributed by atoms with Gasteiger partial charge < -0.3 is 9.64 Å². The van der Waals surface area contributed by atoms with Crippen LogP contribution in [0.3, 0.4) is 0 Å². The number of carbonyl (C=O) groups excluding carboxylic acids is 2. The molecule has 1 unspecified atom stereocenters. The van der Waals surface area contributed by atoms with E-state index in [1.807, 2.05) is 0 Å². The molecule has 0 bridgehead atoms. The molecule has 1 aliphatic heterocycles. The number of sulfonamides is 1. The first-order chi connectivity index (χ1) is 12.8. The van der Waals surface area contributed by atoms with Crippen LogP contribution in [-0.2, 0) is 19.6 Å². The van der Waals surface area contributed by atoms with E-state index in [9.17, 15) is 18.0 Å². The Hall–Kier alpha value is -1.93. The van der Waals surface area contributed by atoms with Gasteiger partial charge in [0.05, 0.1) is 16.1 Å². The number of rotatable bonds is 5. The molecule has 2 aliphatic rings. The highest BCUT2D eigenvalue weighted by Gasteiger charge is 2.30. The van der Waals surface area contributed by atoms with E-state index in [0.29, 0.717) is 18.5 Å². The number of hydrogen-bond acceptors (Lipinski definition) is 6. The smallest absolute Gasteiger partial charge is 0.341 e. The van der Waals surface area contributed by atoms with Crippen molar-refractivity contribution >= 4 is 27.5 Å². The van der Waals surface area contributed by atoms with Crippen LogP contribution in [0.4, 0.5) is 5.69 Å².